The first-order chi connectivity index (χ1) is 13.0. The molecule has 0 radical (unpaired) electrons. The van der Waals surface area contributed by atoms with Gasteiger partial charge in [0.25, 0.3) is 0 Å². The number of rotatable bonds is 8. The summed E-state index contributed by atoms with van der Waals surface area (Å²) in [5.41, 5.74) is 1.09. The van der Waals surface area contributed by atoms with Crippen molar-refractivity contribution in [3.05, 3.63) is 35.9 Å². The predicted molar refractivity (Wildman–Crippen MR) is 115 cm³/mol. The van der Waals surface area contributed by atoms with Crippen LogP contribution < -0.4 is 0 Å². The summed E-state index contributed by atoms with van der Waals surface area (Å²) >= 11 is 0. The molecule has 5 nitrogen and oxygen atoms in total. The minimum Gasteiger partial charge on any atom is -0.416 e. The quantitative estimate of drug-likeness (QED) is 0.648. The van der Waals surface area contributed by atoms with Crippen molar-refractivity contribution in [3.63, 3.8) is 0 Å². The fraction of sp³-hybridized carbons (Fsp3) is 0.682. The Morgan fingerprint density at radius 3 is 2.39 bits per heavy atom. The Hall–Kier alpha value is -1.05. The number of hydrogen-bond donors (Lipinski definition) is 2. The van der Waals surface area contributed by atoms with Gasteiger partial charge in [0, 0.05) is 25.1 Å². The number of likely N-dealkylation sites (tertiary alicyclic amines) is 1. The Balaban J connectivity index is 2.26. The number of carbonyl (C=O) groups is 1. The molecular weight excluding hydrogens is 370 g/mol. The smallest absolute Gasteiger partial charge is 0.191 e. The van der Waals surface area contributed by atoms with Crippen molar-refractivity contribution in [1.82, 2.24) is 4.90 Å². The normalized spacial score (nSPS) is 25.1. The molecular formula is C22H37NO4Si. The molecule has 1 aliphatic heterocycles. The summed E-state index contributed by atoms with van der Waals surface area (Å²) in [6.07, 6.45) is -0.250. The number of nitrogens with zero attached hydrogens (tertiary/aromatic N) is 1. The van der Waals surface area contributed by atoms with Crippen LogP contribution in [-0.4, -0.2) is 60.6 Å². The lowest BCUT2D eigenvalue weighted by Crippen LogP contribution is -2.49. The van der Waals surface area contributed by atoms with Crippen LogP contribution in [0.1, 0.15) is 39.7 Å². The van der Waals surface area contributed by atoms with Gasteiger partial charge >= 0.3 is 0 Å². The van der Waals surface area contributed by atoms with E-state index in [4.69, 9.17) is 4.43 Å². The standard InChI is InChI=1S/C22H37NO4Si/c1-16(25)19-12-18(15-27-28(5,6)22(2,3)4)21(20(26)14-24)23(19)13-17-10-8-7-9-11-17/h7-11,18-21,24,26H,12-15H2,1-6H3/t18-,19+,20?,21+/m0/s1. The topological polar surface area (TPSA) is 70.0 Å². The number of aliphatic hydroxyl groups is 2. The first-order valence-electron chi connectivity index (χ1n) is 10.2. The molecule has 0 spiro atoms. The highest BCUT2D eigenvalue weighted by Crippen LogP contribution is 2.39. The molecule has 1 aromatic carbocycles. The lowest BCUT2D eigenvalue weighted by atomic mass is 9.95. The van der Waals surface area contributed by atoms with E-state index in [-0.39, 0.29) is 35.4 Å². The fourth-order valence-corrected chi connectivity index (χ4v) is 4.85. The van der Waals surface area contributed by atoms with Crippen LogP contribution in [0.4, 0.5) is 0 Å². The summed E-state index contributed by atoms with van der Waals surface area (Å²) in [4.78, 5) is 14.5. The Morgan fingerprint density at radius 1 is 1.29 bits per heavy atom. The van der Waals surface area contributed by atoms with Crippen LogP contribution in [0.15, 0.2) is 30.3 Å². The van der Waals surface area contributed by atoms with E-state index in [0.29, 0.717) is 19.6 Å². The molecule has 0 aromatic heterocycles. The van der Waals surface area contributed by atoms with Gasteiger partial charge in [0.05, 0.1) is 18.8 Å². The monoisotopic (exact) mass is 407 g/mol. The van der Waals surface area contributed by atoms with Gasteiger partial charge in [0.15, 0.2) is 8.32 Å². The van der Waals surface area contributed by atoms with Gasteiger partial charge in [0.2, 0.25) is 0 Å². The van der Waals surface area contributed by atoms with Crippen LogP contribution >= 0.6 is 0 Å². The third kappa shape index (κ3) is 5.30. The lowest BCUT2D eigenvalue weighted by Gasteiger charge is -2.38. The van der Waals surface area contributed by atoms with Crippen LogP contribution in [-0.2, 0) is 15.8 Å². The van der Waals surface area contributed by atoms with Gasteiger partial charge < -0.3 is 14.6 Å². The summed E-state index contributed by atoms with van der Waals surface area (Å²) in [6, 6.07) is 9.40. The molecule has 1 fully saturated rings. The molecule has 1 aromatic rings. The summed E-state index contributed by atoms with van der Waals surface area (Å²) in [5, 5.41) is 20.4. The van der Waals surface area contributed by atoms with Gasteiger partial charge in [-0.1, -0.05) is 51.1 Å². The van der Waals surface area contributed by atoms with Crippen molar-refractivity contribution in [2.45, 2.75) is 77.0 Å². The van der Waals surface area contributed by atoms with Crippen LogP contribution in [0.25, 0.3) is 0 Å². The summed E-state index contributed by atoms with van der Waals surface area (Å²) in [5.74, 6) is 0.106. The Morgan fingerprint density at radius 2 is 1.89 bits per heavy atom. The van der Waals surface area contributed by atoms with E-state index in [9.17, 15) is 15.0 Å². The molecule has 0 aliphatic carbocycles. The number of Topliss-reactive ketones (excluding diaryl/α,β-unsaturated/α-hetero) is 1. The number of hydrogen-bond acceptors (Lipinski definition) is 5. The second-order valence-electron chi connectivity index (χ2n) is 9.59. The van der Waals surface area contributed by atoms with E-state index in [1.54, 1.807) is 6.92 Å². The fourth-order valence-electron chi connectivity index (χ4n) is 3.79. The SMILES string of the molecule is CC(=O)[C@H]1C[C@@H](CO[Si](C)(C)C(C)(C)C)[C@H](C(O)CO)N1Cc1ccccc1. The molecule has 0 saturated carbocycles. The van der Waals surface area contributed by atoms with Gasteiger partial charge in [0.1, 0.15) is 5.78 Å². The Labute approximate surface area is 170 Å². The minimum atomic E-state index is -1.94. The highest BCUT2D eigenvalue weighted by Gasteiger charge is 2.47. The van der Waals surface area contributed by atoms with E-state index in [1.807, 2.05) is 30.3 Å². The van der Waals surface area contributed by atoms with Crippen LogP contribution in [0.3, 0.4) is 0 Å². The summed E-state index contributed by atoms with van der Waals surface area (Å²) in [6.45, 7) is 13.4. The number of carbonyl (C=O) groups excluding carboxylic acids is 1. The highest BCUT2D eigenvalue weighted by molar-refractivity contribution is 6.74. The van der Waals surface area contributed by atoms with Crippen LogP contribution in [0.2, 0.25) is 18.1 Å². The average molecular weight is 408 g/mol. The molecule has 0 amide bonds. The molecule has 0 bridgehead atoms. The first-order valence-corrected chi connectivity index (χ1v) is 13.1. The number of aliphatic hydroxyl groups excluding tert-OH is 2. The van der Waals surface area contributed by atoms with Crippen molar-refractivity contribution < 1.29 is 19.4 Å². The zero-order valence-corrected chi connectivity index (χ0v) is 19.2. The van der Waals surface area contributed by atoms with Gasteiger partial charge in [-0.2, -0.15) is 0 Å². The molecule has 28 heavy (non-hydrogen) atoms. The largest absolute Gasteiger partial charge is 0.416 e. The van der Waals surface area contributed by atoms with E-state index in [2.05, 4.69) is 38.8 Å². The highest BCUT2D eigenvalue weighted by atomic mass is 28.4. The number of ketones is 1. The average Bonchev–Trinajstić information content (AvgIpc) is 2.98. The summed E-state index contributed by atoms with van der Waals surface area (Å²) < 4.78 is 6.44. The minimum absolute atomic E-state index is 0.00823. The molecule has 1 saturated heterocycles. The first kappa shape index (κ1) is 23.2. The molecule has 1 aliphatic rings. The molecule has 6 heteroatoms. The van der Waals surface area contributed by atoms with Crippen molar-refractivity contribution >= 4 is 14.1 Å². The van der Waals surface area contributed by atoms with Crippen molar-refractivity contribution in [1.29, 1.82) is 0 Å². The van der Waals surface area contributed by atoms with Gasteiger partial charge in [-0.3, -0.25) is 9.69 Å². The second-order valence-corrected chi connectivity index (χ2v) is 14.4. The second kappa shape index (κ2) is 9.18. The third-order valence-corrected chi connectivity index (χ3v) is 11.0. The summed E-state index contributed by atoms with van der Waals surface area (Å²) in [7, 11) is -1.94. The van der Waals surface area contributed by atoms with Crippen LogP contribution in [0.5, 0.6) is 0 Å². The van der Waals surface area contributed by atoms with Gasteiger partial charge in [-0.05, 0) is 37.0 Å². The van der Waals surface area contributed by atoms with E-state index in [0.717, 1.165) is 5.56 Å². The molecule has 158 valence electrons. The van der Waals surface area contributed by atoms with E-state index >= 15 is 0 Å². The van der Waals surface area contributed by atoms with E-state index < -0.39 is 14.4 Å². The zero-order chi connectivity index (χ0) is 21.1. The maximum Gasteiger partial charge on any atom is 0.191 e. The third-order valence-electron chi connectivity index (χ3n) is 6.52. The molecule has 1 unspecified atom stereocenters. The lowest BCUT2D eigenvalue weighted by molar-refractivity contribution is -0.122. The molecule has 1 heterocycles. The predicted octanol–water partition coefficient (Wildman–Crippen LogP) is 3.21. The Bertz CT molecular complexity index is 644. The van der Waals surface area contributed by atoms with Crippen molar-refractivity contribution in [2.24, 2.45) is 5.92 Å². The molecule has 4 atom stereocenters. The van der Waals surface area contributed by atoms with Crippen molar-refractivity contribution in [2.75, 3.05) is 13.2 Å². The molecule has 2 N–H and O–H groups in total. The zero-order valence-electron chi connectivity index (χ0n) is 18.2. The van der Waals surface area contributed by atoms with Crippen LogP contribution in [0, 0.1) is 5.92 Å². The molecule has 2 rings (SSSR count). The van der Waals surface area contributed by atoms with Crippen molar-refractivity contribution in [3.8, 4) is 0 Å². The van der Waals surface area contributed by atoms with E-state index in [1.165, 1.54) is 0 Å². The maximum atomic E-state index is 12.4. The Kier molecular flexibility index (Phi) is 7.61. The van der Waals surface area contributed by atoms with Gasteiger partial charge in [-0.25, -0.2) is 0 Å². The number of benzene rings is 1. The van der Waals surface area contributed by atoms with Gasteiger partial charge in [-0.15, -0.1) is 0 Å². The maximum absolute atomic E-state index is 12.4.